The first kappa shape index (κ1) is 8.79. The molecule has 1 aliphatic heterocycles. The minimum absolute atomic E-state index is 0.172. The van der Waals surface area contributed by atoms with E-state index in [4.69, 9.17) is 0 Å². The van der Waals surface area contributed by atoms with E-state index in [2.05, 4.69) is 32.2 Å². The molecule has 0 saturated carbocycles. The Balaban J connectivity index is 2.34. The number of hydrogen-bond acceptors (Lipinski definition) is 1. The van der Waals surface area contributed by atoms with Gasteiger partial charge in [-0.05, 0) is 24.7 Å². The van der Waals surface area contributed by atoms with Gasteiger partial charge < -0.3 is 5.32 Å². The summed E-state index contributed by atoms with van der Waals surface area (Å²) in [5.41, 5.74) is 1.27. The van der Waals surface area contributed by atoms with Gasteiger partial charge in [0.1, 0.15) is 0 Å². The van der Waals surface area contributed by atoms with Gasteiger partial charge in [0.15, 0.2) is 0 Å². The van der Waals surface area contributed by atoms with Crippen LogP contribution in [-0.2, 0) is 4.79 Å². The fraction of sp³-hybridized carbons (Fsp3) is 0.727. The second-order valence-corrected chi connectivity index (χ2v) is 4.52. The third kappa shape index (κ3) is 1.19. The van der Waals surface area contributed by atoms with E-state index in [0.29, 0.717) is 17.8 Å². The first-order valence-corrected chi connectivity index (χ1v) is 5.07. The Hall–Kier alpha value is -0.790. The molecular weight excluding hydrogens is 162 g/mol. The first-order chi connectivity index (χ1) is 6.11. The molecule has 0 bridgehead atoms. The average molecular weight is 179 g/mol. The van der Waals surface area contributed by atoms with Crippen LogP contribution in [0.2, 0.25) is 0 Å². The largest absolute Gasteiger partial charge is 0.355 e. The lowest BCUT2D eigenvalue weighted by molar-refractivity contribution is -0.122. The van der Waals surface area contributed by atoms with Crippen molar-refractivity contribution in [2.24, 2.45) is 23.7 Å². The zero-order valence-corrected chi connectivity index (χ0v) is 8.50. The third-order valence-corrected chi connectivity index (χ3v) is 3.74. The Morgan fingerprint density at radius 1 is 1.46 bits per heavy atom. The molecule has 2 nitrogen and oxygen atoms in total. The molecule has 0 aromatic heterocycles. The molecule has 1 saturated heterocycles. The van der Waals surface area contributed by atoms with Crippen molar-refractivity contribution in [2.45, 2.75) is 20.8 Å². The molecule has 0 spiro atoms. The monoisotopic (exact) mass is 179 g/mol. The molecule has 2 heteroatoms. The second-order valence-electron chi connectivity index (χ2n) is 4.52. The lowest BCUT2D eigenvalue weighted by Crippen LogP contribution is -2.31. The molecule has 1 heterocycles. The number of nitrogens with one attached hydrogen (secondary N) is 1. The van der Waals surface area contributed by atoms with Crippen molar-refractivity contribution < 1.29 is 4.79 Å². The molecule has 1 amide bonds. The van der Waals surface area contributed by atoms with E-state index in [1.807, 2.05) is 0 Å². The topological polar surface area (TPSA) is 29.1 Å². The molecule has 0 aromatic carbocycles. The van der Waals surface area contributed by atoms with E-state index < -0.39 is 0 Å². The average Bonchev–Trinajstić information content (AvgIpc) is 2.44. The quantitative estimate of drug-likeness (QED) is 0.562. The number of fused-ring (bicyclic) bond motifs is 1. The second kappa shape index (κ2) is 2.86. The van der Waals surface area contributed by atoms with Crippen LogP contribution in [0.15, 0.2) is 11.6 Å². The van der Waals surface area contributed by atoms with Crippen LogP contribution in [0.25, 0.3) is 0 Å². The summed E-state index contributed by atoms with van der Waals surface area (Å²) >= 11 is 0. The van der Waals surface area contributed by atoms with E-state index in [1.165, 1.54) is 5.57 Å². The van der Waals surface area contributed by atoms with E-state index in [-0.39, 0.29) is 11.8 Å². The van der Waals surface area contributed by atoms with Gasteiger partial charge >= 0.3 is 0 Å². The highest BCUT2D eigenvalue weighted by atomic mass is 16.2. The minimum atomic E-state index is 0.172. The van der Waals surface area contributed by atoms with E-state index in [1.54, 1.807) is 0 Å². The Morgan fingerprint density at radius 3 is 2.85 bits per heavy atom. The maximum Gasteiger partial charge on any atom is 0.227 e. The standard InChI is InChI=1S/C11H17NO/c1-6-4-7(2)10-9(8(6)3)5-12-11(10)13/h4,6,8-10H,5H2,1-3H3,(H,12,13)/t6-,8+,9+,10+/m1/s1. The van der Waals surface area contributed by atoms with Crippen molar-refractivity contribution in [2.75, 3.05) is 6.54 Å². The third-order valence-electron chi connectivity index (χ3n) is 3.74. The number of hydrogen-bond donors (Lipinski definition) is 1. The van der Waals surface area contributed by atoms with Gasteiger partial charge in [0.05, 0.1) is 5.92 Å². The summed E-state index contributed by atoms with van der Waals surface area (Å²) in [6, 6.07) is 0. The molecule has 0 aromatic rings. The zero-order valence-electron chi connectivity index (χ0n) is 8.50. The zero-order chi connectivity index (χ0) is 9.59. The van der Waals surface area contributed by atoms with Crippen molar-refractivity contribution in [3.8, 4) is 0 Å². The molecule has 2 rings (SSSR count). The van der Waals surface area contributed by atoms with Crippen LogP contribution in [0.1, 0.15) is 20.8 Å². The molecule has 13 heavy (non-hydrogen) atoms. The van der Waals surface area contributed by atoms with Gasteiger partial charge in [0, 0.05) is 6.54 Å². The fourth-order valence-corrected chi connectivity index (χ4v) is 2.73. The van der Waals surface area contributed by atoms with Crippen molar-refractivity contribution in [3.63, 3.8) is 0 Å². The highest BCUT2D eigenvalue weighted by Gasteiger charge is 2.42. The van der Waals surface area contributed by atoms with Crippen LogP contribution >= 0.6 is 0 Å². The highest BCUT2D eigenvalue weighted by Crippen LogP contribution is 2.40. The van der Waals surface area contributed by atoms with Gasteiger partial charge in [0.2, 0.25) is 5.91 Å². The lowest BCUT2D eigenvalue weighted by atomic mass is 9.70. The normalized spacial score (nSPS) is 43.9. The Bertz CT molecular complexity index is 269. The van der Waals surface area contributed by atoms with Crippen molar-refractivity contribution >= 4 is 5.91 Å². The summed E-state index contributed by atoms with van der Waals surface area (Å²) in [7, 11) is 0. The Morgan fingerprint density at radius 2 is 2.15 bits per heavy atom. The summed E-state index contributed by atoms with van der Waals surface area (Å²) in [4.78, 5) is 11.5. The van der Waals surface area contributed by atoms with Crippen LogP contribution < -0.4 is 5.32 Å². The minimum Gasteiger partial charge on any atom is -0.355 e. The molecule has 1 fully saturated rings. The van der Waals surface area contributed by atoms with Gasteiger partial charge in [-0.3, -0.25) is 4.79 Å². The molecule has 1 aliphatic carbocycles. The SMILES string of the molecule is CC1=C[C@@H](C)[C@H](C)[C@@H]2CNC(=O)[C@@H]12. The van der Waals surface area contributed by atoms with Crippen LogP contribution in [0.3, 0.4) is 0 Å². The maximum absolute atomic E-state index is 11.5. The maximum atomic E-state index is 11.5. The van der Waals surface area contributed by atoms with Crippen LogP contribution in [0, 0.1) is 23.7 Å². The molecule has 0 unspecified atom stereocenters. The summed E-state index contributed by atoms with van der Waals surface area (Å²) in [5, 5.41) is 2.96. The molecule has 0 radical (unpaired) electrons. The number of carbonyl (C=O) groups excluding carboxylic acids is 1. The number of rotatable bonds is 0. The number of allylic oxidation sites excluding steroid dienone is 1. The molecule has 4 atom stereocenters. The van der Waals surface area contributed by atoms with Crippen molar-refractivity contribution in [1.29, 1.82) is 0 Å². The van der Waals surface area contributed by atoms with Crippen LogP contribution in [0.5, 0.6) is 0 Å². The van der Waals surface area contributed by atoms with Gasteiger partial charge in [-0.1, -0.05) is 25.5 Å². The van der Waals surface area contributed by atoms with Gasteiger partial charge in [-0.25, -0.2) is 0 Å². The van der Waals surface area contributed by atoms with E-state index in [0.717, 1.165) is 6.54 Å². The van der Waals surface area contributed by atoms with Crippen LogP contribution in [-0.4, -0.2) is 12.5 Å². The smallest absolute Gasteiger partial charge is 0.227 e. The number of amides is 1. The molecule has 1 N–H and O–H groups in total. The first-order valence-electron chi connectivity index (χ1n) is 5.07. The summed E-state index contributed by atoms with van der Waals surface area (Å²) < 4.78 is 0. The molecule has 72 valence electrons. The van der Waals surface area contributed by atoms with E-state index in [9.17, 15) is 4.79 Å². The highest BCUT2D eigenvalue weighted by molar-refractivity contribution is 5.84. The van der Waals surface area contributed by atoms with Crippen LogP contribution in [0.4, 0.5) is 0 Å². The predicted molar refractivity (Wildman–Crippen MR) is 52.1 cm³/mol. The van der Waals surface area contributed by atoms with Crippen molar-refractivity contribution in [3.05, 3.63) is 11.6 Å². The van der Waals surface area contributed by atoms with Gasteiger partial charge in [-0.15, -0.1) is 0 Å². The molecule has 2 aliphatic rings. The molecular formula is C11H17NO. The summed E-state index contributed by atoms with van der Waals surface area (Å²) in [6.45, 7) is 7.46. The lowest BCUT2D eigenvalue weighted by Gasteiger charge is -2.32. The Kier molecular flexibility index (Phi) is 1.94. The Labute approximate surface area is 79.4 Å². The van der Waals surface area contributed by atoms with Crippen molar-refractivity contribution in [1.82, 2.24) is 5.32 Å². The summed E-state index contributed by atoms with van der Waals surface area (Å²) in [5.74, 6) is 2.19. The van der Waals surface area contributed by atoms with E-state index >= 15 is 0 Å². The van der Waals surface area contributed by atoms with Gasteiger partial charge in [-0.2, -0.15) is 0 Å². The number of carbonyl (C=O) groups is 1. The fourth-order valence-electron chi connectivity index (χ4n) is 2.73. The predicted octanol–water partition coefficient (Wildman–Crippen LogP) is 1.58. The van der Waals surface area contributed by atoms with Gasteiger partial charge in [0.25, 0.3) is 0 Å². The summed E-state index contributed by atoms with van der Waals surface area (Å²) in [6.07, 6.45) is 2.26.